The molecule has 0 aromatic heterocycles. The number of benzene rings is 2. The van der Waals surface area contributed by atoms with Gasteiger partial charge in [-0.25, -0.2) is 8.42 Å². The SMILES string of the molecule is CCc1ccccc1NC(=O)c1cc(S(=O)(=O)N2CCC(C)CC2)ccc1Cl. The van der Waals surface area contributed by atoms with Crippen LogP contribution in [0.15, 0.2) is 47.4 Å². The average molecular weight is 421 g/mol. The molecule has 2 aromatic rings. The summed E-state index contributed by atoms with van der Waals surface area (Å²) in [7, 11) is -3.65. The van der Waals surface area contributed by atoms with Crippen LogP contribution in [0, 0.1) is 5.92 Å². The first-order chi connectivity index (χ1) is 13.3. The number of hydrogen-bond donors (Lipinski definition) is 1. The van der Waals surface area contributed by atoms with Crippen molar-refractivity contribution in [2.24, 2.45) is 5.92 Å². The number of halogens is 1. The maximum Gasteiger partial charge on any atom is 0.257 e. The largest absolute Gasteiger partial charge is 0.322 e. The van der Waals surface area contributed by atoms with Crippen molar-refractivity contribution >= 4 is 33.2 Å². The third-order valence-corrected chi connectivity index (χ3v) is 7.43. The van der Waals surface area contributed by atoms with Crippen LogP contribution in [0.1, 0.15) is 42.6 Å². The second kappa shape index (κ2) is 8.64. The standard InChI is InChI=1S/C21H25ClN2O3S/c1-3-16-6-4-5-7-20(16)23-21(25)18-14-17(8-9-19(18)22)28(26,27)24-12-10-15(2)11-13-24/h4-9,14-15H,3,10-13H2,1-2H3,(H,23,25). The molecule has 3 rings (SSSR count). The third-order valence-electron chi connectivity index (χ3n) is 5.21. The molecular weight excluding hydrogens is 396 g/mol. The summed E-state index contributed by atoms with van der Waals surface area (Å²) < 4.78 is 27.5. The van der Waals surface area contributed by atoms with Crippen LogP contribution in [-0.2, 0) is 16.4 Å². The fourth-order valence-electron chi connectivity index (χ4n) is 3.35. The first-order valence-corrected chi connectivity index (χ1v) is 11.3. The first kappa shape index (κ1) is 20.8. The van der Waals surface area contributed by atoms with E-state index in [-0.39, 0.29) is 15.5 Å². The number of amides is 1. The summed E-state index contributed by atoms with van der Waals surface area (Å²) in [6, 6.07) is 11.8. The number of nitrogens with zero attached hydrogens (tertiary/aromatic N) is 1. The Kier molecular flexibility index (Phi) is 6.43. The van der Waals surface area contributed by atoms with E-state index >= 15 is 0 Å². The summed E-state index contributed by atoms with van der Waals surface area (Å²) in [5, 5.41) is 3.07. The lowest BCUT2D eigenvalue weighted by atomic mass is 10.0. The molecular formula is C21H25ClN2O3S. The van der Waals surface area contributed by atoms with E-state index in [1.54, 1.807) is 0 Å². The normalized spacial score (nSPS) is 16.1. The predicted octanol–water partition coefficient (Wildman–Crippen LogP) is 4.58. The van der Waals surface area contributed by atoms with Gasteiger partial charge in [-0.15, -0.1) is 0 Å². The van der Waals surface area contributed by atoms with E-state index in [0.717, 1.165) is 24.8 Å². The molecule has 0 spiro atoms. The highest BCUT2D eigenvalue weighted by molar-refractivity contribution is 7.89. The van der Waals surface area contributed by atoms with Gasteiger partial charge in [-0.2, -0.15) is 4.31 Å². The van der Waals surface area contributed by atoms with Gasteiger partial charge in [-0.1, -0.05) is 43.6 Å². The minimum atomic E-state index is -3.65. The van der Waals surface area contributed by atoms with Gasteiger partial charge < -0.3 is 5.32 Å². The van der Waals surface area contributed by atoms with E-state index in [1.165, 1.54) is 22.5 Å². The Labute approximate surface area is 171 Å². The maximum atomic E-state index is 13.0. The number of rotatable bonds is 5. The zero-order chi connectivity index (χ0) is 20.3. The van der Waals surface area contributed by atoms with Gasteiger partial charge >= 0.3 is 0 Å². The molecule has 1 saturated heterocycles. The van der Waals surface area contributed by atoms with Crippen molar-refractivity contribution in [3.63, 3.8) is 0 Å². The van der Waals surface area contributed by atoms with E-state index in [9.17, 15) is 13.2 Å². The van der Waals surface area contributed by atoms with Crippen molar-refractivity contribution in [2.75, 3.05) is 18.4 Å². The van der Waals surface area contributed by atoms with Crippen LogP contribution in [-0.4, -0.2) is 31.7 Å². The van der Waals surface area contributed by atoms with Crippen LogP contribution in [0.5, 0.6) is 0 Å². The molecule has 2 aromatic carbocycles. The van der Waals surface area contributed by atoms with E-state index in [0.29, 0.717) is 24.7 Å². The molecule has 1 fully saturated rings. The average Bonchev–Trinajstić information content (AvgIpc) is 2.68. The second-order valence-electron chi connectivity index (χ2n) is 7.19. The molecule has 0 aliphatic carbocycles. The van der Waals surface area contributed by atoms with Crippen molar-refractivity contribution < 1.29 is 13.2 Å². The van der Waals surface area contributed by atoms with Crippen molar-refractivity contribution in [3.05, 3.63) is 58.6 Å². The summed E-state index contributed by atoms with van der Waals surface area (Å²) in [4.78, 5) is 12.9. The molecule has 1 N–H and O–H groups in total. The third kappa shape index (κ3) is 4.40. The Bertz CT molecular complexity index is 967. The molecule has 28 heavy (non-hydrogen) atoms. The Morgan fingerprint density at radius 1 is 1.18 bits per heavy atom. The molecule has 0 atom stereocenters. The van der Waals surface area contributed by atoms with Crippen LogP contribution in [0.3, 0.4) is 0 Å². The Hall–Kier alpha value is -1.89. The Balaban J connectivity index is 1.88. The van der Waals surface area contributed by atoms with Crippen molar-refractivity contribution in [1.82, 2.24) is 4.31 Å². The van der Waals surface area contributed by atoms with E-state index in [2.05, 4.69) is 12.2 Å². The molecule has 0 radical (unpaired) electrons. The van der Waals surface area contributed by atoms with Crippen molar-refractivity contribution in [2.45, 2.75) is 38.0 Å². The smallest absolute Gasteiger partial charge is 0.257 e. The molecule has 1 aliphatic heterocycles. The lowest BCUT2D eigenvalue weighted by Gasteiger charge is -2.29. The number of nitrogens with one attached hydrogen (secondary N) is 1. The molecule has 0 unspecified atom stereocenters. The quantitative estimate of drug-likeness (QED) is 0.770. The second-order valence-corrected chi connectivity index (χ2v) is 9.54. The molecule has 1 heterocycles. The van der Waals surface area contributed by atoms with Crippen LogP contribution in [0.25, 0.3) is 0 Å². The number of aryl methyl sites for hydroxylation is 1. The predicted molar refractivity (Wildman–Crippen MR) is 112 cm³/mol. The minimum Gasteiger partial charge on any atom is -0.322 e. The number of carbonyl (C=O) groups excluding carboxylic acids is 1. The summed E-state index contributed by atoms with van der Waals surface area (Å²) in [6.45, 7) is 5.13. The monoisotopic (exact) mass is 420 g/mol. The van der Waals surface area contributed by atoms with E-state index in [4.69, 9.17) is 11.6 Å². The van der Waals surface area contributed by atoms with Gasteiger partial charge in [0.2, 0.25) is 10.0 Å². The highest BCUT2D eigenvalue weighted by atomic mass is 35.5. The maximum absolute atomic E-state index is 13.0. The molecule has 1 aliphatic rings. The van der Waals surface area contributed by atoms with E-state index in [1.807, 2.05) is 31.2 Å². The lowest BCUT2D eigenvalue weighted by molar-refractivity contribution is 0.102. The van der Waals surface area contributed by atoms with Crippen LogP contribution in [0.4, 0.5) is 5.69 Å². The van der Waals surface area contributed by atoms with Gasteiger partial charge in [0, 0.05) is 18.8 Å². The Morgan fingerprint density at radius 2 is 1.86 bits per heavy atom. The van der Waals surface area contributed by atoms with Gasteiger partial charge in [-0.05, 0) is 55.0 Å². The highest BCUT2D eigenvalue weighted by Gasteiger charge is 2.29. The highest BCUT2D eigenvalue weighted by Crippen LogP contribution is 2.27. The minimum absolute atomic E-state index is 0.0976. The van der Waals surface area contributed by atoms with Gasteiger partial charge in [0.15, 0.2) is 0 Å². The van der Waals surface area contributed by atoms with E-state index < -0.39 is 15.9 Å². The lowest BCUT2D eigenvalue weighted by Crippen LogP contribution is -2.37. The fourth-order valence-corrected chi connectivity index (χ4v) is 5.05. The summed E-state index contributed by atoms with van der Waals surface area (Å²) in [5.41, 5.74) is 1.85. The van der Waals surface area contributed by atoms with Crippen molar-refractivity contribution in [3.8, 4) is 0 Å². The Morgan fingerprint density at radius 3 is 2.54 bits per heavy atom. The number of hydrogen-bond acceptors (Lipinski definition) is 3. The first-order valence-electron chi connectivity index (χ1n) is 9.52. The summed E-state index contributed by atoms with van der Waals surface area (Å²) >= 11 is 6.22. The number of sulfonamides is 1. The molecule has 150 valence electrons. The number of anilines is 1. The van der Waals surface area contributed by atoms with Crippen LogP contribution >= 0.6 is 11.6 Å². The van der Waals surface area contributed by atoms with Gasteiger partial charge in [0.25, 0.3) is 5.91 Å². The molecule has 0 saturated carbocycles. The zero-order valence-corrected chi connectivity index (χ0v) is 17.7. The zero-order valence-electron chi connectivity index (χ0n) is 16.1. The van der Waals surface area contributed by atoms with Gasteiger partial charge in [-0.3, -0.25) is 4.79 Å². The molecule has 0 bridgehead atoms. The summed E-state index contributed by atoms with van der Waals surface area (Å²) in [5.74, 6) is 0.104. The number of piperidine rings is 1. The summed E-state index contributed by atoms with van der Waals surface area (Å²) in [6.07, 6.45) is 2.45. The topological polar surface area (TPSA) is 66.5 Å². The van der Waals surface area contributed by atoms with Gasteiger partial charge in [0.1, 0.15) is 0 Å². The number of carbonyl (C=O) groups is 1. The van der Waals surface area contributed by atoms with Gasteiger partial charge in [0.05, 0.1) is 15.5 Å². The van der Waals surface area contributed by atoms with Crippen LogP contribution < -0.4 is 5.32 Å². The van der Waals surface area contributed by atoms with Crippen LogP contribution in [0.2, 0.25) is 5.02 Å². The van der Waals surface area contributed by atoms with Crippen molar-refractivity contribution in [1.29, 1.82) is 0 Å². The fraction of sp³-hybridized carbons (Fsp3) is 0.381. The molecule has 1 amide bonds. The number of para-hydroxylation sites is 1. The molecule has 5 nitrogen and oxygen atoms in total. The molecule has 7 heteroatoms.